The van der Waals surface area contributed by atoms with E-state index in [9.17, 15) is 18.0 Å². The van der Waals surface area contributed by atoms with Crippen LogP contribution in [0.15, 0.2) is 77.7 Å². The number of carbonyl (C=O) groups excluding carboxylic acids is 2. The lowest BCUT2D eigenvalue weighted by Gasteiger charge is -2.34. The third-order valence-corrected chi connectivity index (χ3v) is 8.46. The van der Waals surface area contributed by atoms with Crippen LogP contribution in [0.5, 0.6) is 0 Å². The van der Waals surface area contributed by atoms with Crippen LogP contribution in [0, 0.1) is 13.8 Å². The molecule has 7 nitrogen and oxygen atoms in total. The predicted molar refractivity (Wildman–Crippen MR) is 156 cm³/mol. The summed E-state index contributed by atoms with van der Waals surface area (Å²) in [7, 11) is -4.14. The molecule has 1 N–H and O–H groups in total. The third kappa shape index (κ3) is 7.61. The van der Waals surface area contributed by atoms with E-state index >= 15 is 0 Å². The van der Waals surface area contributed by atoms with E-state index in [0.29, 0.717) is 17.1 Å². The molecule has 39 heavy (non-hydrogen) atoms. The Bertz CT molecular complexity index is 1390. The van der Waals surface area contributed by atoms with Crippen LogP contribution in [0.2, 0.25) is 5.02 Å². The zero-order valence-electron chi connectivity index (χ0n) is 23.0. The molecule has 0 saturated carbocycles. The molecule has 0 aliphatic rings. The van der Waals surface area contributed by atoms with Crippen molar-refractivity contribution >= 4 is 39.1 Å². The number of halogens is 1. The average Bonchev–Trinajstić information content (AvgIpc) is 2.88. The van der Waals surface area contributed by atoms with Crippen LogP contribution in [0.25, 0.3) is 0 Å². The summed E-state index contributed by atoms with van der Waals surface area (Å²) in [5, 5.41) is 3.31. The number of nitrogens with one attached hydrogen (secondary N) is 1. The van der Waals surface area contributed by atoms with Gasteiger partial charge in [-0.05, 0) is 81.6 Å². The third-order valence-electron chi connectivity index (χ3n) is 6.42. The van der Waals surface area contributed by atoms with Gasteiger partial charge in [0.05, 0.1) is 10.6 Å². The minimum absolute atomic E-state index is 0.00956. The summed E-state index contributed by atoms with van der Waals surface area (Å²) in [5.41, 5.74) is 3.15. The molecule has 0 heterocycles. The van der Waals surface area contributed by atoms with Crippen LogP contribution in [-0.4, -0.2) is 43.8 Å². The number of rotatable bonds is 11. The molecule has 0 aromatic heterocycles. The molecular formula is C30H36ClN3O4S. The molecule has 0 aliphatic carbocycles. The van der Waals surface area contributed by atoms with Gasteiger partial charge in [0.15, 0.2) is 0 Å². The predicted octanol–water partition coefficient (Wildman–Crippen LogP) is 5.48. The van der Waals surface area contributed by atoms with Gasteiger partial charge in [-0.1, -0.05) is 60.5 Å². The van der Waals surface area contributed by atoms with E-state index in [1.807, 2.05) is 58.9 Å². The Labute approximate surface area is 236 Å². The summed E-state index contributed by atoms with van der Waals surface area (Å²) in [4.78, 5) is 28.7. The summed E-state index contributed by atoms with van der Waals surface area (Å²) in [5.74, 6) is -0.765. The highest BCUT2D eigenvalue weighted by molar-refractivity contribution is 7.92. The number of benzene rings is 3. The normalized spacial score (nSPS) is 12.2. The van der Waals surface area contributed by atoms with Crippen molar-refractivity contribution in [2.24, 2.45) is 0 Å². The fourth-order valence-electron chi connectivity index (χ4n) is 4.24. The molecule has 0 spiro atoms. The second-order valence-electron chi connectivity index (χ2n) is 9.84. The highest BCUT2D eigenvalue weighted by atomic mass is 35.5. The number of nitrogens with zero attached hydrogens (tertiary/aromatic N) is 2. The van der Waals surface area contributed by atoms with Gasteiger partial charge < -0.3 is 10.2 Å². The van der Waals surface area contributed by atoms with E-state index in [0.717, 1.165) is 21.0 Å². The molecular weight excluding hydrogens is 534 g/mol. The van der Waals surface area contributed by atoms with Gasteiger partial charge in [-0.25, -0.2) is 8.42 Å². The van der Waals surface area contributed by atoms with E-state index in [1.165, 1.54) is 29.2 Å². The Balaban J connectivity index is 2.07. The molecule has 1 atom stereocenters. The maximum absolute atomic E-state index is 14.1. The average molecular weight is 570 g/mol. The van der Waals surface area contributed by atoms with Crippen molar-refractivity contribution in [3.05, 3.63) is 94.5 Å². The maximum atomic E-state index is 14.1. The number of amides is 2. The minimum Gasteiger partial charge on any atom is -0.352 e. The summed E-state index contributed by atoms with van der Waals surface area (Å²) >= 11 is 6.00. The zero-order chi connectivity index (χ0) is 28.7. The van der Waals surface area contributed by atoms with Crippen LogP contribution >= 0.6 is 11.6 Å². The molecule has 9 heteroatoms. The molecule has 1 unspecified atom stereocenters. The first-order chi connectivity index (χ1) is 18.4. The Morgan fingerprint density at radius 1 is 0.923 bits per heavy atom. The van der Waals surface area contributed by atoms with Gasteiger partial charge in [0.25, 0.3) is 10.0 Å². The number of aryl methyl sites for hydroxylation is 2. The van der Waals surface area contributed by atoms with E-state index < -0.39 is 28.5 Å². The first-order valence-corrected chi connectivity index (χ1v) is 14.7. The van der Waals surface area contributed by atoms with Crippen molar-refractivity contribution < 1.29 is 18.0 Å². The van der Waals surface area contributed by atoms with Crippen molar-refractivity contribution in [1.29, 1.82) is 0 Å². The Kier molecular flexibility index (Phi) is 10.2. The van der Waals surface area contributed by atoms with Crippen molar-refractivity contribution in [3.63, 3.8) is 0 Å². The van der Waals surface area contributed by atoms with Crippen LogP contribution in [0.4, 0.5) is 5.69 Å². The Morgan fingerprint density at radius 2 is 1.54 bits per heavy atom. The second kappa shape index (κ2) is 13.1. The second-order valence-corrected chi connectivity index (χ2v) is 12.1. The van der Waals surface area contributed by atoms with Crippen molar-refractivity contribution in [2.75, 3.05) is 10.8 Å². The lowest BCUT2D eigenvalue weighted by Crippen LogP contribution is -2.53. The van der Waals surface area contributed by atoms with Crippen LogP contribution < -0.4 is 9.62 Å². The zero-order valence-corrected chi connectivity index (χ0v) is 24.6. The summed E-state index contributed by atoms with van der Waals surface area (Å²) in [6.07, 6.45) is 0.366. The highest BCUT2D eigenvalue weighted by Crippen LogP contribution is 2.26. The molecule has 2 amide bonds. The smallest absolute Gasteiger partial charge is 0.264 e. The van der Waals surface area contributed by atoms with E-state index in [1.54, 1.807) is 24.3 Å². The Hall–Kier alpha value is -3.36. The van der Waals surface area contributed by atoms with Crippen molar-refractivity contribution in [3.8, 4) is 0 Å². The van der Waals surface area contributed by atoms with Gasteiger partial charge in [-0.3, -0.25) is 13.9 Å². The van der Waals surface area contributed by atoms with E-state index in [4.69, 9.17) is 11.6 Å². The standard InChI is InChI=1S/C30H36ClN3O4S/c1-6-28(30(36)32-21(2)3)33(19-24-10-8-7-9-23(24)5)29(35)20-34(26-15-11-22(4)12-16-26)39(37,38)27-17-13-25(31)14-18-27/h7-18,21,28H,6,19-20H2,1-5H3,(H,32,36). The van der Waals surface area contributed by atoms with Gasteiger partial charge in [0.1, 0.15) is 12.6 Å². The van der Waals surface area contributed by atoms with Gasteiger partial charge in [-0.2, -0.15) is 0 Å². The molecule has 208 valence electrons. The van der Waals surface area contributed by atoms with Crippen molar-refractivity contribution in [1.82, 2.24) is 10.2 Å². The number of anilines is 1. The largest absolute Gasteiger partial charge is 0.352 e. The van der Waals surface area contributed by atoms with Gasteiger partial charge in [0.2, 0.25) is 11.8 Å². The quantitative estimate of drug-likeness (QED) is 0.331. The number of carbonyl (C=O) groups is 2. The van der Waals surface area contributed by atoms with Gasteiger partial charge >= 0.3 is 0 Å². The lowest BCUT2D eigenvalue weighted by molar-refractivity contribution is -0.140. The fraction of sp³-hybridized carbons (Fsp3) is 0.333. The summed E-state index contributed by atoms with van der Waals surface area (Å²) in [6, 6.07) is 19.5. The summed E-state index contributed by atoms with van der Waals surface area (Å²) < 4.78 is 28.8. The summed E-state index contributed by atoms with van der Waals surface area (Å²) in [6.45, 7) is 9.08. The number of sulfonamides is 1. The topological polar surface area (TPSA) is 86.8 Å². The maximum Gasteiger partial charge on any atom is 0.264 e. The van der Waals surface area contributed by atoms with Crippen LogP contribution in [-0.2, 0) is 26.2 Å². The van der Waals surface area contributed by atoms with Gasteiger partial charge in [-0.15, -0.1) is 0 Å². The lowest BCUT2D eigenvalue weighted by atomic mass is 10.1. The van der Waals surface area contributed by atoms with Crippen LogP contribution in [0.3, 0.4) is 0 Å². The minimum atomic E-state index is -4.14. The molecule has 0 saturated heterocycles. The Morgan fingerprint density at radius 3 is 2.10 bits per heavy atom. The van der Waals surface area contributed by atoms with Crippen molar-refractivity contribution in [2.45, 2.75) is 64.6 Å². The van der Waals surface area contributed by atoms with Gasteiger partial charge in [0, 0.05) is 17.6 Å². The first-order valence-electron chi connectivity index (χ1n) is 12.9. The highest BCUT2D eigenvalue weighted by Gasteiger charge is 2.34. The molecule has 3 aromatic carbocycles. The van der Waals surface area contributed by atoms with Crippen LogP contribution in [0.1, 0.15) is 43.9 Å². The van der Waals surface area contributed by atoms with E-state index in [-0.39, 0.29) is 23.4 Å². The number of hydrogen-bond acceptors (Lipinski definition) is 4. The molecule has 0 aliphatic heterocycles. The first kappa shape index (κ1) is 30.2. The fourth-order valence-corrected chi connectivity index (χ4v) is 5.78. The molecule has 0 bridgehead atoms. The molecule has 0 fully saturated rings. The molecule has 0 radical (unpaired) electrons. The molecule has 3 aromatic rings. The monoisotopic (exact) mass is 569 g/mol. The number of hydrogen-bond donors (Lipinski definition) is 1. The molecule has 3 rings (SSSR count). The SMILES string of the molecule is CCC(C(=O)NC(C)C)N(Cc1ccccc1C)C(=O)CN(c1ccc(C)cc1)S(=O)(=O)c1ccc(Cl)cc1. The van der Waals surface area contributed by atoms with E-state index in [2.05, 4.69) is 5.32 Å².